The van der Waals surface area contributed by atoms with E-state index in [0.29, 0.717) is 24.3 Å². The molecule has 1 unspecified atom stereocenters. The monoisotopic (exact) mass is 483 g/mol. The second kappa shape index (κ2) is 12.0. The predicted octanol–water partition coefficient (Wildman–Crippen LogP) is 4.73. The zero-order valence-electron chi connectivity index (χ0n) is 21.7. The molecule has 2 saturated heterocycles. The molecule has 4 rings (SSSR count). The molecule has 0 bridgehead atoms. The number of piperidine rings is 1. The van der Waals surface area contributed by atoms with E-state index in [1.165, 1.54) is 31.9 Å². The summed E-state index contributed by atoms with van der Waals surface area (Å²) in [6, 6.07) is 12.8. The molecule has 1 aromatic heterocycles. The Morgan fingerprint density at radius 2 is 1.83 bits per heavy atom. The number of ether oxygens (including phenoxy) is 2. The SMILES string of the molecule is COC(=O)C(c1cc(N2CC(CC3CCN([C@@H](C)COCc4ccccc4)CC3)C2)no1)C(C)C. The molecular formula is C28H41N3O4. The number of methoxy groups -OCH3 is 1. The first-order valence-electron chi connectivity index (χ1n) is 13.1. The predicted molar refractivity (Wildman–Crippen MR) is 136 cm³/mol. The quantitative estimate of drug-likeness (QED) is 0.428. The Bertz CT molecular complexity index is 917. The van der Waals surface area contributed by atoms with Crippen molar-refractivity contribution in [1.82, 2.24) is 10.1 Å². The Kier molecular flexibility index (Phi) is 8.84. The van der Waals surface area contributed by atoms with E-state index < -0.39 is 5.92 Å². The van der Waals surface area contributed by atoms with Crippen molar-refractivity contribution in [2.24, 2.45) is 17.8 Å². The summed E-state index contributed by atoms with van der Waals surface area (Å²) in [5.41, 5.74) is 1.23. The van der Waals surface area contributed by atoms with Crippen LogP contribution in [0.1, 0.15) is 57.3 Å². The largest absolute Gasteiger partial charge is 0.468 e. The Balaban J connectivity index is 1.15. The summed E-state index contributed by atoms with van der Waals surface area (Å²) < 4.78 is 16.4. The minimum Gasteiger partial charge on any atom is -0.468 e. The average Bonchev–Trinajstić information content (AvgIpc) is 3.30. The number of carbonyl (C=O) groups is 1. The van der Waals surface area contributed by atoms with Crippen molar-refractivity contribution in [3.8, 4) is 0 Å². The summed E-state index contributed by atoms with van der Waals surface area (Å²) in [5, 5.41) is 4.24. The Morgan fingerprint density at radius 1 is 1.11 bits per heavy atom. The molecule has 0 amide bonds. The van der Waals surface area contributed by atoms with Crippen molar-refractivity contribution in [1.29, 1.82) is 0 Å². The molecule has 2 aliphatic rings. The maximum atomic E-state index is 12.1. The van der Waals surface area contributed by atoms with E-state index in [4.69, 9.17) is 14.0 Å². The van der Waals surface area contributed by atoms with Gasteiger partial charge in [-0.1, -0.05) is 49.3 Å². The van der Waals surface area contributed by atoms with Gasteiger partial charge in [0.15, 0.2) is 11.6 Å². The number of hydrogen-bond acceptors (Lipinski definition) is 7. The molecule has 2 aliphatic heterocycles. The Hall–Kier alpha value is -2.38. The molecule has 0 aliphatic carbocycles. The first-order valence-corrected chi connectivity index (χ1v) is 13.1. The van der Waals surface area contributed by atoms with Crippen LogP contribution in [0.25, 0.3) is 0 Å². The molecule has 0 saturated carbocycles. The van der Waals surface area contributed by atoms with Gasteiger partial charge in [0.2, 0.25) is 0 Å². The van der Waals surface area contributed by atoms with Gasteiger partial charge in [-0.05, 0) is 62.6 Å². The fraction of sp³-hybridized carbons (Fsp3) is 0.643. The van der Waals surface area contributed by atoms with Gasteiger partial charge in [-0.15, -0.1) is 0 Å². The van der Waals surface area contributed by atoms with Crippen LogP contribution in [0.2, 0.25) is 0 Å². The summed E-state index contributed by atoms with van der Waals surface area (Å²) in [6.45, 7) is 12.1. The fourth-order valence-corrected chi connectivity index (χ4v) is 5.45. The van der Waals surface area contributed by atoms with Gasteiger partial charge in [0, 0.05) is 25.2 Å². The highest BCUT2D eigenvalue weighted by Crippen LogP contribution is 2.34. The second-order valence-corrected chi connectivity index (χ2v) is 10.7. The molecule has 3 heterocycles. The molecule has 0 radical (unpaired) electrons. The number of anilines is 1. The van der Waals surface area contributed by atoms with E-state index in [1.807, 2.05) is 26.0 Å². The van der Waals surface area contributed by atoms with Gasteiger partial charge in [-0.3, -0.25) is 9.69 Å². The van der Waals surface area contributed by atoms with Crippen LogP contribution in [0.3, 0.4) is 0 Å². The third-order valence-electron chi connectivity index (χ3n) is 7.64. The molecule has 0 N–H and O–H groups in total. The van der Waals surface area contributed by atoms with Crippen molar-refractivity contribution >= 4 is 11.8 Å². The Labute approximate surface area is 209 Å². The van der Waals surface area contributed by atoms with Crippen LogP contribution in [-0.4, -0.2) is 62.0 Å². The number of esters is 1. The standard InChI is InChI=1S/C28H41N3O4/c1-20(2)27(28(32)33-4)25-15-26(29-35-25)31-16-24(17-31)14-22-10-12-30(13-11-22)21(3)18-34-19-23-8-6-5-7-9-23/h5-9,15,20-22,24,27H,10-14,16-19H2,1-4H3/t21-,27?/m0/s1. The molecule has 2 fully saturated rings. The first-order chi connectivity index (χ1) is 16.9. The highest BCUT2D eigenvalue weighted by atomic mass is 16.5. The first kappa shape index (κ1) is 25.7. The molecule has 2 aromatic rings. The summed E-state index contributed by atoms with van der Waals surface area (Å²) in [7, 11) is 1.42. The van der Waals surface area contributed by atoms with Gasteiger partial charge in [0.1, 0.15) is 5.92 Å². The average molecular weight is 484 g/mol. The number of likely N-dealkylation sites (tertiary alicyclic amines) is 1. The number of rotatable bonds is 11. The lowest BCUT2D eigenvalue weighted by Gasteiger charge is -2.43. The van der Waals surface area contributed by atoms with E-state index in [0.717, 1.165) is 44.5 Å². The Morgan fingerprint density at radius 3 is 2.49 bits per heavy atom. The van der Waals surface area contributed by atoms with Crippen LogP contribution in [0.4, 0.5) is 5.82 Å². The minimum atomic E-state index is -0.408. The zero-order valence-corrected chi connectivity index (χ0v) is 21.7. The van der Waals surface area contributed by atoms with Crippen LogP contribution in [0.5, 0.6) is 0 Å². The van der Waals surface area contributed by atoms with Crippen LogP contribution < -0.4 is 4.90 Å². The smallest absolute Gasteiger partial charge is 0.316 e. The van der Waals surface area contributed by atoms with Crippen LogP contribution in [0.15, 0.2) is 40.9 Å². The zero-order chi connectivity index (χ0) is 24.8. The van der Waals surface area contributed by atoms with E-state index in [-0.39, 0.29) is 11.9 Å². The maximum Gasteiger partial charge on any atom is 0.316 e. The minimum absolute atomic E-state index is 0.0939. The molecule has 0 spiro atoms. The molecule has 2 atom stereocenters. The number of hydrogen-bond donors (Lipinski definition) is 0. The molecule has 1 aromatic carbocycles. The molecule has 7 nitrogen and oxygen atoms in total. The molecule has 7 heteroatoms. The van der Waals surface area contributed by atoms with Crippen molar-refractivity contribution in [3.63, 3.8) is 0 Å². The summed E-state index contributed by atoms with van der Waals surface area (Å²) in [4.78, 5) is 17.0. The summed E-state index contributed by atoms with van der Waals surface area (Å²) in [5.74, 6) is 2.36. The third-order valence-corrected chi connectivity index (χ3v) is 7.64. The van der Waals surface area contributed by atoms with Gasteiger partial charge in [-0.2, -0.15) is 0 Å². The van der Waals surface area contributed by atoms with Gasteiger partial charge in [-0.25, -0.2) is 0 Å². The van der Waals surface area contributed by atoms with Crippen molar-refractivity contribution < 1.29 is 18.8 Å². The lowest BCUT2D eigenvalue weighted by atomic mass is 9.83. The molecule has 192 valence electrons. The normalized spacial score (nSPS) is 19.5. The van der Waals surface area contributed by atoms with Crippen molar-refractivity contribution in [2.45, 2.75) is 58.6 Å². The number of nitrogens with zero attached hydrogens (tertiary/aromatic N) is 3. The molecular weight excluding hydrogens is 442 g/mol. The second-order valence-electron chi connectivity index (χ2n) is 10.7. The van der Waals surface area contributed by atoms with E-state index in [9.17, 15) is 4.79 Å². The van der Waals surface area contributed by atoms with E-state index >= 15 is 0 Å². The third kappa shape index (κ3) is 6.64. The van der Waals surface area contributed by atoms with Crippen LogP contribution >= 0.6 is 0 Å². The van der Waals surface area contributed by atoms with Crippen LogP contribution in [-0.2, 0) is 20.9 Å². The summed E-state index contributed by atoms with van der Waals surface area (Å²) in [6.07, 6.45) is 3.82. The van der Waals surface area contributed by atoms with Gasteiger partial charge < -0.3 is 18.9 Å². The van der Waals surface area contributed by atoms with Gasteiger partial charge in [0.05, 0.1) is 20.3 Å². The number of benzene rings is 1. The fourth-order valence-electron chi connectivity index (χ4n) is 5.45. The topological polar surface area (TPSA) is 68.0 Å². The van der Waals surface area contributed by atoms with Gasteiger partial charge in [0.25, 0.3) is 0 Å². The van der Waals surface area contributed by atoms with E-state index in [2.05, 4.69) is 46.1 Å². The summed E-state index contributed by atoms with van der Waals surface area (Å²) >= 11 is 0. The van der Waals surface area contributed by atoms with Gasteiger partial charge >= 0.3 is 5.97 Å². The number of aromatic nitrogens is 1. The lowest BCUT2D eigenvalue weighted by molar-refractivity contribution is -0.144. The highest BCUT2D eigenvalue weighted by Gasteiger charge is 2.35. The van der Waals surface area contributed by atoms with E-state index in [1.54, 1.807) is 0 Å². The maximum absolute atomic E-state index is 12.1. The van der Waals surface area contributed by atoms with Crippen LogP contribution in [0, 0.1) is 17.8 Å². The van der Waals surface area contributed by atoms with Crippen molar-refractivity contribution in [2.75, 3.05) is 44.8 Å². The lowest BCUT2D eigenvalue weighted by Crippen LogP contribution is -2.49. The number of carbonyl (C=O) groups excluding carboxylic acids is 1. The highest BCUT2D eigenvalue weighted by molar-refractivity contribution is 5.77. The van der Waals surface area contributed by atoms with Crippen molar-refractivity contribution in [3.05, 3.63) is 47.7 Å². The molecule has 35 heavy (non-hydrogen) atoms.